The molecule has 4 aromatic rings. The van der Waals surface area contributed by atoms with Crippen molar-refractivity contribution < 1.29 is 0 Å². The number of pyridine rings is 1. The van der Waals surface area contributed by atoms with Crippen molar-refractivity contribution in [2.75, 3.05) is 31.1 Å². The van der Waals surface area contributed by atoms with Gasteiger partial charge in [-0.1, -0.05) is 54.2 Å². The average Bonchev–Trinajstić information content (AvgIpc) is 3.42. The number of imidazole rings is 1. The van der Waals surface area contributed by atoms with Gasteiger partial charge in [-0.25, -0.2) is 9.97 Å². The Kier molecular flexibility index (Phi) is 5.80. The molecule has 0 saturated carbocycles. The van der Waals surface area contributed by atoms with Crippen LogP contribution in [0.5, 0.6) is 0 Å². The molecule has 0 amide bonds. The lowest BCUT2D eigenvalue weighted by molar-refractivity contribution is 0.331. The summed E-state index contributed by atoms with van der Waals surface area (Å²) in [4.78, 5) is 12.0. The second kappa shape index (κ2) is 8.86. The number of hydrogen-bond donors (Lipinski definition) is 2. The highest BCUT2D eigenvalue weighted by Crippen LogP contribution is 2.32. The van der Waals surface area contributed by atoms with E-state index in [1.54, 1.807) is 11.8 Å². The molecule has 7 heteroatoms. The average molecular weight is 433 g/mol. The predicted molar refractivity (Wildman–Crippen MR) is 129 cm³/mol. The van der Waals surface area contributed by atoms with Gasteiger partial charge in [-0.2, -0.15) is 0 Å². The molecule has 0 aliphatic carbocycles. The molecule has 6 nitrogen and oxygen atoms in total. The smallest absolute Gasteiger partial charge is 0.169 e. The number of para-hydroxylation sites is 1. The second-order valence-corrected chi connectivity index (χ2v) is 9.19. The molecule has 0 radical (unpaired) electrons. The Morgan fingerprint density at radius 2 is 1.61 bits per heavy atom. The zero-order chi connectivity index (χ0) is 21.2. The summed E-state index contributed by atoms with van der Waals surface area (Å²) in [5.74, 6) is 1.28. The molecular weight excluding hydrogens is 404 g/mol. The topological polar surface area (TPSA) is 86.0 Å². The Morgan fingerprint density at radius 3 is 2.35 bits per heavy atom. The number of rotatable bonds is 7. The SMILES string of the molecule is NCCSc1nc2c(N)nc3ccccc3c2n1Cc1ccc(CN2CCCC2)cc1. The normalized spacial score (nSPS) is 14.7. The first-order chi connectivity index (χ1) is 15.2. The van der Waals surface area contributed by atoms with Gasteiger partial charge < -0.3 is 16.0 Å². The van der Waals surface area contributed by atoms with Crippen LogP contribution < -0.4 is 11.5 Å². The lowest BCUT2D eigenvalue weighted by Crippen LogP contribution is -2.18. The first-order valence-corrected chi connectivity index (χ1v) is 11.9. The number of nitrogens with two attached hydrogens (primary N) is 2. The van der Waals surface area contributed by atoms with E-state index in [2.05, 4.69) is 44.8 Å². The van der Waals surface area contributed by atoms with E-state index in [1.165, 1.54) is 37.1 Å². The van der Waals surface area contributed by atoms with Crippen LogP contribution in [-0.4, -0.2) is 44.8 Å². The van der Waals surface area contributed by atoms with Gasteiger partial charge in [0, 0.05) is 24.2 Å². The fourth-order valence-electron chi connectivity index (χ4n) is 4.38. The highest BCUT2D eigenvalue weighted by atomic mass is 32.2. The van der Waals surface area contributed by atoms with Crippen LogP contribution in [0, 0.1) is 0 Å². The van der Waals surface area contributed by atoms with Gasteiger partial charge in [0.25, 0.3) is 0 Å². The number of nitrogens with zero attached hydrogens (tertiary/aromatic N) is 4. The molecule has 1 fully saturated rings. The van der Waals surface area contributed by atoms with Crippen LogP contribution >= 0.6 is 11.8 Å². The van der Waals surface area contributed by atoms with Crippen molar-refractivity contribution in [3.63, 3.8) is 0 Å². The van der Waals surface area contributed by atoms with Crippen molar-refractivity contribution in [1.82, 2.24) is 19.4 Å². The fraction of sp³-hybridized carbons (Fsp3) is 0.333. The maximum Gasteiger partial charge on any atom is 0.169 e. The molecule has 0 atom stereocenters. The number of hydrogen-bond acceptors (Lipinski definition) is 6. The minimum Gasteiger partial charge on any atom is -0.382 e. The molecule has 0 spiro atoms. The quantitative estimate of drug-likeness (QED) is 0.431. The summed E-state index contributed by atoms with van der Waals surface area (Å²) in [5, 5.41) is 2.01. The van der Waals surface area contributed by atoms with E-state index in [-0.39, 0.29) is 0 Å². The minimum absolute atomic E-state index is 0.475. The van der Waals surface area contributed by atoms with Gasteiger partial charge in [0.1, 0.15) is 5.52 Å². The Labute approximate surface area is 186 Å². The van der Waals surface area contributed by atoms with E-state index in [0.717, 1.165) is 45.9 Å². The number of benzene rings is 2. The number of aromatic nitrogens is 3. The number of thioether (sulfide) groups is 1. The van der Waals surface area contributed by atoms with E-state index in [0.29, 0.717) is 12.4 Å². The number of anilines is 1. The van der Waals surface area contributed by atoms with Gasteiger partial charge in [-0.05, 0) is 43.1 Å². The first-order valence-electron chi connectivity index (χ1n) is 10.9. The fourth-order valence-corrected chi connectivity index (χ4v) is 5.14. The molecule has 1 saturated heterocycles. The van der Waals surface area contributed by atoms with Crippen molar-refractivity contribution >= 4 is 39.5 Å². The summed E-state index contributed by atoms with van der Waals surface area (Å²) in [7, 11) is 0. The largest absolute Gasteiger partial charge is 0.382 e. The molecular formula is C24H28N6S. The molecule has 0 bridgehead atoms. The summed E-state index contributed by atoms with van der Waals surface area (Å²) in [5.41, 5.74) is 17.4. The van der Waals surface area contributed by atoms with Crippen molar-refractivity contribution in [2.45, 2.75) is 31.1 Å². The minimum atomic E-state index is 0.475. The van der Waals surface area contributed by atoms with Crippen molar-refractivity contribution in [2.24, 2.45) is 5.73 Å². The van der Waals surface area contributed by atoms with E-state index in [9.17, 15) is 0 Å². The summed E-state index contributed by atoms with van der Waals surface area (Å²) < 4.78 is 2.27. The lowest BCUT2D eigenvalue weighted by Gasteiger charge is -2.15. The highest BCUT2D eigenvalue weighted by molar-refractivity contribution is 7.99. The van der Waals surface area contributed by atoms with Gasteiger partial charge in [0.15, 0.2) is 11.0 Å². The van der Waals surface area contributed by atoms with E-state index < -0.39 is 0 Å². The Morgan fingerprint density at radius 1 is 0.903 bits per heavy atom. The Bertz CT molecular complexity index is 1190. The maximum absolute atomic E-state index is 6.30. The van der Waals surface area contributed by atoms with Crippen molar-refractivity contribution in [3.8, 4) is 0 Å². The monoisotopic (exact) mass is 432 g/mol. The van der Waals surface area contributed by atoms with E-state index in [4.69, 9.17) is 16.5 Å². The zero-order valence-corrected chi connectivity index (χ0v) is 18.4. The predicted octanol–water partition coefficient (Wildman–Crippen LogP) is 3.86. The molecule has 5 rings (SSSR count). The van der Waals surface area contributed by atoms with Gasteiger partial charge in [-0.15, -0.1) is 0 Å². The van der Waals surface area contributed by atoms with Crippen LogP contribution in [0.4, 0.5) is 5.82 Å². The maximum atomic E-state index is 6.30. The third-order valence-corrected chi connectivity index (χ3v) is 6.90. The molecule has 160 valence electrons. The first kappa shape index (κ1) is 20.3. The number of fused-ring (bicyclic) bond motifs is 3. The van der Waals surface area contributed by atoms with Crippen LogP contribution in [0.3, 0.4) is 0 Å². The summed E-state index contributed by atoms with van der Waals surface area (Å²) in [6.07, 6.45) is 2.64. The molecule has 2 aromatic carbocycles. The summed E-state index contributed by atoms with van der Waals surface area (Å²) >= 11 is 1.67. The molecule has 4 N–H and O–H groups in total. The molecule has 1 aliphatic rings. The molecule has 1 aliphatic heterocycles. The second-order valence-electron chi connectivity index (χ2n) is 8.13. The van der Waals surface area contributed by atoms with Gasteiger partial charge in [0.2, 0.25) is 0 Å². The number of nitrogen functional groups attached to an aromatic ring is 1. The van der Waals surface area contributed by atoms with Gasteiger partial charge in [-0.3, -0.25) is 4.90 Å². The van der Waals surface area contributed by atoms with Gasteiger partial charge in [0.05, 0.1) is 17.6 Å². The molecule has 0 unspecified atom stereocenters. The van der Waals surface area contributed by atoms with Crippen LogP contribution in [0.25, 0.3) is 21.9 Å². The lowest BCUT2D eigenvalue weighted by atomic mass is 10.1. The molecule has 3 heterocycles. The zero-order valence-electron chi connectivity index (χ0n) is 17.6. The number of likely N-dealkylation sites (tertiary alicyclic amines) is 1. The highest BCUT2D eigenvalue weighted by Gasteiger charge is 2.18. The van der Waals surface area contributed by atoms with Crippen LogP contribution in [0.15, 0.2) is 53.7 Å². The third kappa shape index (κ3) is 4.13. The van der Waals surface area contributed by atoms with Crippen molar-refractivity contribution in [3.05, 3.63) is 59.7 Å². The van der Waals surface area contributed by atoms with Gasteiger partial charge >= 0.3 is 0 Å². The standard InChI is InChI=1S/C24H28N6S/c25-11-14-31-24-28-21-22(19-5-1-2-6-20(19)27-23(21)26)30(24)16-18-9-7-17(8-10-18)15-29-12-3-4-13-29/h1-2,5-10H,3-4,11-16,25H2,(H2,26,27). The van der Waals surface area contributed by atoms with Crippen molar-refractivity contribution in [1.29, 1.82) is 0 Å². The molecule has 31 heavy (non-hydrogen) atoms. The summed E-state index contributed by atoms with van der Waals surface area (Å²) in [6.45, 7) is 4.81. The van der Waals surface area contributed by atoms with Crippen LogP contribution in [-0.2, 0) is 13.1 Å². The van der Waals surface area contributed by atoms with E-state index >= 15 is 0 Å². The van der Waals surface area contributed by atoms with Crippen LogP contribution in [0.1, 0.15) is 24.0 Å². The molecule has 2 aromatic heterocycles. The Balaban J connectivity index is 1.53. The van der Waals surface area contributed by atoms with Crippen LogP contribution in [0.2, 0.25) is 0 Å². The Hall–Kier alpha value is -2.61. The van der Waals surface area contributed by atoms with E-state index in [1.807, 2.05) is 18.2 Å². The summed E-state index contributed by atoms with van der Waals surface area (Å²) in [6, 6.07) is 17.1. The third-order valence-electron chi connectivity index (χ3n) is 5.89.